The summed E-state index contributed by atoms with van der Waals surface area (Å²) in [7, 11) is 1.45. The second-order valence-electron chi connectivity index (χ2n) is 4.89. The van der Waals surface area contributed by atoms with Crippen LogP contribution < -0.4 is 10.2 Å². The van der Waals surface area contributed by atoms with E-state index in [1.54, 1.807) is 12.2 Å². The van der Waals surface area contributed by atoms with Crippen molar-refractivity contribution in [1.82, 2.24) is 4.98 Å². The van der Waals surface area contributed by atoms with Crippen molar-refractivity contribution in [3.63, 3.8) is 0 Å². The van der Waals surface area contributed by atoms with Gasteiger partial charge in [0.15, 0.2) is 11.5 Å². The number of aromatic nitrogens is 1. The second-order valence-corrected chi connectivity index (χ2v) is 4.89. The number of ketones is 1. The van der Waals surface area contributed by atoms with Gasteiger partial charge in [-0.2, -0.15) is 0 Å². The Morgan fingerprint density at radius 2 is 2.05 bits per heavy atom. The Bertz CT molecular complexity index is 530. The van der Waals surface area contributed by atoms with Crippen molar-refractivity contribution in [2.75, 3.05) is 7.11 Å². The Morgan fingerprint density at radius 1 is 1.35 bits per heavy atom. The number of allylic oxidation sites excluding steroid dienone is 1. The predicted molar refractivity (Wildman–Crippen MR) is 81.5 cm³/mol. The zero-order valence-corrected chi connectivity index (χ0v) is 12.4. The molecule has 0 aromatic carbocycles. The van der Waals surface area contributed by atoms with Crippen LogP contribution in [0.15, 0.2) is 23.1 Å². The minimum absolute atomic E-state index is 0. The summed E-state index contributed by atoms with van der Waals surface area (Å²) in [6, 6.07) is 1.43. The van der Waals surface area contributed by atoms with Gasteiger partial charge in [0.05, 0.1) is 7.11 Å². The Hall–Kier alpha value is -1.55. The van der Waals surface area contributed by atoms with Crippen LogP contribution in [-0.2, 0) is 4.79 Å². The van der Waals surface area contributed by atoms with Gasteiger partial charge in [-0.05, 0) is 25.0 Å². The van der Waals surface area contributed by atoms with Gasteiger partial charge in [0.2, 0.25) is 5.43 Å². The number of nitrogens with one attached hydrogen (secondary N) is 1. The maximum absolute atomic E-state index is 12.0. The molecule has 0 aliphatic heterocycles. The number of rotatable bonds is 4. The number of carbonyl (C=O) groups is 1. The SMILES string of the molecule is COc1c[nH]c(C=CC(=O)C2CCCCC2)cc1=O.Cl. The summed E-state index contributed by atoms with van der Waals surface area (Å²) in [6.07, 6.45) is 10.2. The molecule has 4 nitrogen and oxygen atoms in total. The summed E-state index contributed by atoms with van der Waals surface area (Å²) < 4.78 is 4.89. The Morgan fingerprint density at radius 3 is 2.65 bits per heavy atom. The lowest BCUT2D eigenvalue weighted by molar-refractivity contribution is -0.119. The minimum atomic E-state index is -0.189. The van der Waals surface area contributed by atoms with Gasteiger partial charge in [-0.1, -0.05) is 19.3 Å². The molecule has 20 heavy (non-hydrogen) atoms. The molecular weight excluding hydrogens is 278 g/mol. The van der Waals surface area contributed by atoms with Crippen molar-refractivity contribution in [2.45, 2.75) is 32.1 Å². The van der Waals surface area contributed by atoms with E-state index in [0.29, 0.717) is 5.69 Å². The normalized spacial score (nSPS) is 15.8. The van der Waals surface area contributed by atoms with Gasteiger partial charge in [-0.25, -0.2) is 0 Å². The number of ether oxygens (including phenoxy) is 1. The van der Waals surface area contributed by atoms with Gasteiger partial charge >= 0.3 is 0 Å². The third kappa shape index (κ3) is 4.23. The quantitative estimate of drug-likeness (QED) is 0.869. The predicted octanol–water partition coefficient (Wildman–Crippen LogP) is 2.97. The molecule has 0 amide bonds. The van der Waals surface area contributed by atoms with E-state index in [1.807, 2.05) is 0 Å². The average Bonchev–Trinajstić information content (AvgIpc) is 2.46. The topological polar surface area (TPSA) is 59.2 Å². The van der Waals surface area contributed by atoms with E-state index in [1.165, 1.54) is 25.8 Å². The molecule has 0 bridgehead atoms. The first-order chi connectivity index (χ1) is 9.20. The van der Waals surface area contributed by atoms with Crippen LogP contribution in [0, 0.1) is 5.92 Å². The van der Waals surface area contributed by atoms with Crippen LogP contribution in [-0.4, -0.2) is 17.9 Å². The molecule has 1 aliphatic rings. The fraction of sp³-hybridized carbons (Fsp3) is 0.467. The lowest BCUT2D eigenvalue weighted by Crippen LogP contribution is -2.15. The van der Waals surface area contributed by atoms with Crippen molar-refractivity contribution < 1.29 is 9.53 Å². The summed E-state index contributed by atoms with van der Waals surface area (Å²) in [5.41, 5.74) is 0.431. The number of methoxy groups -OCH3 is 1. The van der Waals surface area contributed by atoms with Gasteiger partial charge in [0.25, 0.3) is 0 Å². The Kier molecular flexibility index (Phi) is 6.52. The molecule has 0 radical (unpaired) electrons. The second kappa shape index (κ2) is 7.90. The van der Waals surface area contributed by atoms with Crippen LogP contribution >= 0.6 is 12.4 Å². The van der Waals surface area contributed by atoms with Gasteiger partial charge in [-0.3, -0.25) is 9.59 Å². The lowest BCUT2D eigenvalue weighted by Gasteiger charge is -2.18. The van der Waals surface area contributed by atoms with Crippen molar-refractivity contribution in [3.05, 3.63) is 34.3 Å². The molecule has 1 N–H and O–H groups in total. The summed E-state index contributed by atoms with van der Waals surface area (Å²) in [4.78, 5) is 26.5. The van der Waals surface area contributed by atoms with Gasteiger partial charge in [-0.15, -0.1) is 12.4 Å². The van der Waals surface area contributed by atoms with Crippen LogP contribution in [0.2, 0.25) is 0 Å². The molecule has 110 valence electrons. The maximum Gasteiger partial charge on any atom is 0.223 e. The van der Waals surface area contributed by atoms with E-state index in [9.17, 15) is 9.59 Å². The Balaban J connectivity index is 0.00000200. The molecule has 0 spiro atoms. The highest BCUT2D eigenvalue weighted by Crippen LogP contribution is 2.24. The molecule has 1 aromatic heterocycles. The highest BCUT2D eigenvalue weighted by molar-refractivity contribution is 5.95. The smallest absolute Gasteiger partial charge is 0.223 e. The summed E-state index contributed by atoms with van der Waals surface area (Å²) >= 11 is 0. The van der Waals surface area contributed by atoms with Crippen molar-refractivity contribution >= 4 is 24.3 Å². The van der Waals surface area contributed by atoms with Gasteiger partial charge in [0, 0.05) is 23.9 Å². The molecule has 0 saturated heterocycles. The first-order valence-corrected chi connectivity index (χ1v) is 6.69. The Labute approximate surface area is 124 Å². The highest BCUT2D eigenvalue weighted by atomic mass is 35.5. The number of aromatic amines is 1. The zero-order valence-electron chi connectivity index (χ0n) is 11.6. The summed E-state index contributed by atoms with van der Waals surface area (Å²) in [6.45, 7) is 0. The molecule has 1 aliphatic carbocycles. The zero-order chi connectivity index (χ0) is 13.7. The van der Waals surface area contributed by atoms with Crippen molar-refractivity contribution in [3.8, 4) is 5.75 Å². The van der Waals surface area contributed by atoms with E-state index < -0.39 is 0 Å². The van der Waals surface area contributed by atoms with Crippen LogP contribution in [0.1, 0.15) is 37.8 Å². The van der Waals surface area contributed by atoms with E-state index in [-0.39, 0.29) is 35.3 Å². The fourth-order valence-corrected chi connectivity index (χ4v) is 2.42. The number of hydrogen-bond donors (Lipinski definition) is 1. The molecular formula is C15H20ClNO3. The van der Waals surface area contributed by atoms with E-state index in [2.05, 4.69) is 4.98 Å². The highest BCUT2D eigenvalue weighted by Gasteiger charge is 2.18. The molecule has 2 rings (SSSR count). The maximum atomic E-state index is 12.0. The molecule has 5 heteroatoms. The van der Waals surface area contributed by atoms with Gasteiger partial charge in [0.1, 0.15) is 0 Å². The number of halogens is 1. The largest absolute Gasteiger partial charge is 0.491 e. The van der Waals surface area contributed by atoms with E-state index in [0.717, 1.165) is 25.7 Å². The van der Waals surface area contributed by atoms with Crippen molar-refractivity contribution in [1.29, 1.82) is 0 Å². The molecule has 0 atom stereocenters. The van der Waals surface area contributed by atoms with E-state index in [4.69, 9.17) is 4.74 Å². The van der Waals surface area contributed by atoms with Crippen LogP contribution in [0.25, 0.3) is 6.08 Å². The number of hydrogen-bond acceptors (Lipinski definition) is 3. The first kappa shape index (κ1) is 16.5. The molecule has 0 unspecified atom stereocenters. The van der Waals surface area contributed by atoms with Crippen LogP contribution in [0.3, 0.4) is 0 Å². The lowest BCUT2D eigenvalue weighted by atomic mass is 9.86. The molecule has 1 heterocycles. The number of carbonyl (C=O) groups excluding carboxylic acids is 1. The first-order valence-electron chi connectivity index (χ1n) is 6.69. The summed E-state index contributed by atoms with van der Waals surface area (Å²) in [5, 5.41) is 0. The fourth-order valence-electron chi connectivity index (χ4n) is 2.42. The molecule has 1 aromatic rings. The monoisotopic (exact) mass is 297 g/mol. The standard InChI is InChI=1S/C15H19NO3.ClH/c1-19-15-10-16-12(9-14(15)18)7-8-13(17)11-5-3-2-4-6-11;/h7-11H,2-6H2,1H3,(H,16,18);1H. The number of H-pyrrole nitrogens is 1. The number of pyridine rings is 1. The van der Waals surface area contributed by atoms with Crippen LogP contribution in [0.4, 0.5) is 0 Å². The third-order valence-corrected chi connectivity index (χ3v) is 3.55. The van der Waals surface area contributed by atoms with Gasteiger partial charge < -0.3 is 9.72 Å². The van der Waals surface area contributed by atoms with Crippen LogP contribution in [0.5, 0.6) is 5.75 Å². The molecule has 1 fully saturated rings. The minimum Gasteiger partial charge on any atom is -0.491 e. The average molecular weight is 298 g/mol. The molecule has 1 saturated carbocycles. The van der Waals surface area contributed by atoms with E-state index >= 15 is 0 Å². The van der Waals surface area contributed by atoms with Crippen molar-refractivity contribution in [2.24, 2.45) is 5.92 Å². The third-order valence-electron chi connectivity index (χ3n) is 3.55. The summed E-state index contributed by atoms with van der Waals surface area (Å²) in [5.74, 6) is 0.599.